The van der Waals surface area contributed by atoms with Crippen LogP contribution in [0.25, 0.3) is 0 Å². The van der Waals surface area contributed by atoms with E-state index in [2.05, 4.69) is 17.1 Å². The maximum Gasteiger partial charge on any atom is 0.220 e. The summed E-state index contributed by atoms with van der Waals surface area (Å²) in [5, 5.41) is 13.3. The molecular weight excluding hydrogens is 280 g/mol. The molecule has 22 heavy (non-hydrogen) atoms. The Labute approximate surface area is 134 Å². The zero-order valence-corrected chi connectivity index (χ0v) is 14.5. The largest absolute Gasteiger partial charge is 0.388 e. The number of hydrogen-bond acceptors (Lipinski definition) is 4. The van der Waals surface area contributed by atoms with E-state index in [0.29, 0.717) is 13.0 Å². The number of carbonyl (C=O) groups is 1. The van der Waals surface area contributed by atoms with Gasteiger partial charge in [-0.05, 0) is 37.3 Å². The Morgan fingerprint density at radius 2 is 1.95 bits per heavy atom. The zero-order chi connectivity index (χ0) is 16.3. The van der Waals surface area contributed by atoms with Gasteiger partial charge in [0.15, 0.2) is 0 Å². The number of ether oxygens (including phenoxy) is 1. The maximum atomic E-state index is 12.0. The van der Waals surface area contributed by atoms with Gasteiger partial charge in [0.2, 0.25) is 5.91 Å². The number of nitrogens with zero attached hydrogens (tertiary/aromatic N) is 1. The molecule has 2 heterocycles. The highest BCUT2D eigenvalue weighted by atomic mass is 16.5. The predicted molar refractivity (Wildman–Crippen MR) is 86.6 cm³/mol. The van der Waals surface area contributed by atoms with Crippen molar-refractivity contribution in [2.24, 2.45) is 11.3 Å². The van der Waals surface area contributed by atoms with Gasteiger partial charge in [-0.3, -0.25) is 4.79 Å². The van der Waals surface area contributed by atoms with Crippen LogP contribution in [-0.4, -0.2) is 60.4 Å². The van der Waals surface area contributed by atoms with Crippen molar-refractivity contribution in [2.75, 3.05) is 26.2 Å². The lowest BCUT2D eigenvalue weighted by molar-refractivity contribution is -0.124. The average Bonchev–Trinajstić information content (AvgIpc) is 2.72. The topological polar surface area (TPSA) is 61.8 Å². The molecule has 2 aliphatic rings. The molecule has 0 aromatic heterocycles. The minimum Gasteiger partial charge on any atom is -0.388 e. The van der Waals surface area contributed by atoms with Crippen LogP contribution in [0.3, 0.4) is 0 Å². The second-order valence-corrected chi connectivity index (χ2v) is 8.26. The summed E-state index contributed by atoms with van der Waals surface area (Å²) >= 11 is 0. The predicted octanol–water partition coefficient (Wildman–Crippen LogP) is 1.40. The number of piperidine rings is 1. The van der Waals surface area contributed by atoms with Gasteiger partial charge in [0, 0.05) is 13.0 Å². The second kappa shape index (κ2) is 7.28. The number of hydrogen-bond donors (Lipinski definition) is 2. The highest BCUT2D eigenvalue weighted by Crippen LogP contribution is 2.22. The summed E-state index contributed by atoms with van der Waals surface area (Å²) in [6, 6.07) is -0.274. The molecule has 1 amide bonds. The first-order valence-electron chi connectivity index (χ1n) is 8.56. The molecule has 5 nitrogen and oxygen atoms in total. The molecule has 2 aliphatic heterocycles. The van der Waals surface area contributed by atoms with Crippen molar-refractivity contribution >= 4 is 5.91 Å². The van der Waals surface area contributed by atoms with E-state index in [1.165, 1.54) is 12.8 Å². The minimum absolute atomic E-state index is 0.00685. The number of nitrogens with one attached hydrogen (secondary N) is 1. The minimum atomic E-state index is -0.608. The fourth-order valence-electron chi connectivity index (χ4n) is 3.21. The molecule has 0 aliphatic carbocycles. The molecule has 3 unspecified atom stereocenters. The smallest absolute Gasteiger partial charge is 0.220 e. The molecule has 2 fully saturated rings. The van der Waals surface area contributed by atoms with Crippen molar-refractivity contribution in [2.45, 2.75) is 65.2 Å². The molecule has 0 spiro atoms. The Morgan fingerprint density at radius 3 is 2.55 bits per heavy atom. The van der Waals surface area contributed by atoms with Gasteiger partial charge in [-0.2, -0.15) is 0 Å². The lowest BCUT2D eigenvalue weighted by Gasteiger charge is -2.32. The summed E-state index contributed by atoms with van der Waals surface area (Å²) < 4.78 is 5.73. The van der Waals surface area contributed by atoms with Gasteiger partial charge in [0.05, 0.1) is 18.8 Å². The molecule has 3 atom stereocenters. The van der Waals surface area contributed by atoms with Crippen LogP contribution < -0.4 is 5.32 Å². The van der Waals surface area contributed by atoms with Gasteiger partial charge in [-0.15, -0.1) is 0 Å². The van der Waals surface area contributed by atoms with E-state index in [-0.39, 0.29) is 23.5 Å². The van der Waals surface area contributed by atoms with E-state index in [1.54, 1.807) is 0 Å². The lowest BCUT2D eigenvalue weighted by atomic mass is 9.91. The van der Waals surface area contributed by atoms with Gasteiger partial charge in [-0.25, -0.2) is 0 Å². The van der Waals surface area contributed by atoms with Gasteiger partial charge >= 0.3 is 0 Å². The summed E-state index contributed by atoms with van der Waals surface area (Å²) in [6.07, 6.45) is 2.10. The summed E-state index contributed by atoms with van der Waals surface area (Å²) in [4.78, 5) is 14.4. The molecule has 0 aromatic rings. The van der Waals surface area contributed by atoms with Crippen molar-refractivity contribution in [3.63, 3.8) is 0 Å². The number of amides is 1. The third-order valence-electron chi connectivity index (χ3n) is 4.63. The fourth-order valence-corrected chi connectivity index (χ4v) is 3.21. The Kier molecular flexibility index (Phi) is 5.86. The summed E-state index contributed by atoms with van der Waals surface area (Å²) in [5.41, 5.74) is -0.0433. The zero-order valence-electron chi connectivity index (χ0n) is 14.5. The Morgan fingerprint density at radius 1 is 1.32 bits per heavy atom. The van der Waals surface area contributed by atoms with Crippen LogP contribution in [0, 0.1) is 11.3 Å². The third kappa shape index (κ3) is 5.21. The molecule has 128 valence electrons. The van der Waals surface area contributed by atoms with Gasteiger partial charge in [0.25, 0.3) is 0 Å². The van der Waals surface area contributed by atoms with Crippen LogP contribution in [-0.2, 0) is 9.53 Å². The Hall–Kier alpha value is -0.650. The highest BCUT2D eigenvalue weighted by molar-refractivity contribution is 5.77. The number of aliphatic hydroxyl groups is 1. The van der Waals surface area contributed by atoms with Gasteiger partial charge in [0.1, 0.15) is 6.10 Å². The van der Waals surface area contributed by atoms with E-state index in [4.69, 9.17) is 4.74 Å². The summed E-state index contributed by atoms with van der Waals surface area (Å²) in [7, 11) is 0. The summed E-state index contributed by atoms with van der Waals surface area (Å²) in [6.45, 7) is 11.7. The van der Waals surface area contributed by atoms with Crippen molar-refractivity contribution < 1.29 is 14.6 Å². The first-order chi connectivity index (χ1) is 10.2. The van der Waals surface area contributed by atoms with Crippen LogP contribution in [0.1, 0.15) is 47.0 Å². The fraction of sp³-hybridized carbons (Fsp3) is 0.941. The van der Waals surface area contributed by atoms with E-state index < -0.39 is 6.10 Å². The molecule has 0 bridgehead atoms. The third-order valence-corrected chi connectivity index (χ3v) is 4.63. The molecule has 0 aromatic carbocycles. The van der Waals surface area contributed by atoms with E-state index >= 15 is 0 Å². The standard InChI is InChI=1S/C17H32N2O3/c1-12-5-7-19(8-6-12)10-14-16(21)13(11-22-14)18-15(20)9-17(2,3)4/h12-14,16,21H,5-11H2,1-4H3,(H,18,20). The summed E-state index contributed by atoms with van der Waals surface area (Å²) in [5.74, 6) is 0.794. The Balaban J connectivity index is 1.77. The van der Waals surface area contributed by atoms with Crippen LogP contribution in [0.15, 0.2) is 0 Å². The molecule has 5 heteroatoms. The maximum absolute atomic E-state index is 12.0. The first kappa shape index (κ1) is 17.7. The van der Waals surface area contributed by atoms with E-state index in [1.807, 2.05) is 20.8 Å². The van der Waals surface area contributed by atoms with Crippen molar-refractivity contribution in [1.82, 2.24) is 10.2 Å². The lowest BCUT2D eigenvalue weighted by Crippen LogP contribution is -2.48. The van der Waals surface area contributed by atoms with Crippen molar-refractivity contribution in [3.05, 3.63) is 0 Å². The van der Waals surface area contributed by atoms with Crippen LogP contribution in [0.2, 0.25) is 0 Å². The normalized spacial score (nSPS) is 31.4. The Bertz CT molecular complexity index is 373. The molecule has 2 rings (SSSR count). The second-order valence-electron chi connectivity index (χ2n) is 8.26. The molecule has 2 N–H and O–H groups in total. The molecule has 0 saturated carbocycles. The molecular formula is C17H32N2O3. The number of carbonyl (C=O) groups excluding carboxylic acids is 1. The average molecular weight is 312 g/mol. The quantitative estimate of drug-likeness (QED) is 0.824. The van der Waals surface area contributed by atoms with Crippen LogP contribution in [0.5, 0.6) is 0 Å². The number of likely N-dealkylation sites (tertiary alicyclic amines) is 1. The van der Waals surface area contributed by atoms with E-state index in [9.17, 15) is 9.90 Å². The van der Waals surface area contributed by atoms with Crippen LogP contribution in [0.4, 0.5) is 0 Å². The SMILES string of the molecule is CC1CCN(CC2OCC(NC(=O)CC(C)(C)C)C2O)CC1. The van der Waals surface area contributed by atoms with Crippen molar-refractivity contribution in [1.29, 1.82) is 0 Å². The monoisotopic (exact) mass is 312 g/mol. The number of aliphatic hydroxyl groups excluding tert-OH is 1. The molecule has 0 radical (unpaired) electrons. The number of rotatable bonds is 4. The van der Waals surface area contributed by atoms with Crippen LogP contribution >= 0.6 is 0 Å². The molecule has 2 saturated heterocycles. The first-order valence-corrected chi connectivity index (χ1v) is 8.56. The van der Waals surface area contributed by atoms with Gasteiger partial charge in [-0.1, -0.05) is 27.7 Å². The highest BCUT2D eigenvalue weighted by Gasteiger charge is 2.38. The van der Waals surface area contributed by atoms with Crippen molar-refractivity contribution in [3.8, 4) is 0 Å². The van der Waals surface area contributed by atoms with E-state index in [0.717, 1.165) is 25.6 Å². The van der Waals surface area contributed by atoms with Gasteiger partial charge < -0.3 is 20.1 Å².